The molecule has 48 heteroatoms. The molecule has 2 aromatic carbocycles. The zero-order chi connectivity index (χ0) is 66.5. The molecule has 2 aromatic heterocycles. The minimum absolute atomic E-state index is 0.167. The van der Waals surface area contributed by atoms with Crippen molar-refractivity contribution in [3.8, 4) is 24.0 Å². The number of rotatable bonds is 22. The molecule has 0 radical (unpaired) electrons. The Morgan fingerprint density at radius 1 is 0.244 bits per heavy atom. The highest BCUT2D eigenvalue weighted by atomic mass is 19.5. The van der Waals surface area contributed by atoms with Crippen molar-refractivity contribution in [3.63, 3.8) is 0 Å². The third-order valence-electron chi connectivity index (χ3n) is 10.7. The summed E-state index contributed by atoms with van der Waals surface area (Å²) in [6.07, 6.45) is -30.2. The lowest BCUT2D eigenvalue weighted by Gasteiger charge is -2.38. The van der Waals surface area contributed by atoms with Crippen LogP contribution in [0.3, 0.4) is 0 Å². The highest BCUT2D eigenvalue weighted by Gasteiger charge is 2.85. The van der Waals surface area contributed by atoms with Crippen LogP contribution in [0.4, 0.5) is 193 Å². The monoisotopic (exact) mass is 1330 g/mol. The number of hydrogen-bond donors (Lipinski definition) is 0. The van der Waals surface area contributed by atoms with Crippen molar-refractivity contribution in [2.24, 2.45) is 0 Å². The Bertz CT molecular complexity index is 2700. The van der Waals surface area contributed by atoms with Crippen LogP contribution in [0.15, 0.2) is 48.5 Å². The van der Waals surface area contributed by atoms with Crippen molar-refractivity contribution in [1.29, 1.82) is 0 Å². The Morgan fingerprint density at radius 2 is 0.407 bits per heavy atom. The molecule has 3 heterocycles. The molecule has 4 aromatic rings. The summed E-state index contributed by atoms with van der Waals surface area (Å²) >= 11 is 0. The van der Waals surface area contributed by atoms with Gasteiger partial charge in [-0.3, -0.25) is 9.80 Å². The number of anilines is 6. The third kappa shape index (κ3) is 11.6. The van der Waals surface area contributed by atoms with Gasteiger partial charge in [-0.2, -0.15) is 178 Å². The SMILES string of the molecule is FC(F)(F)C(F)(F)C(F)(F)C(F)(F)COc1nc(OCC(F)(F)C(F)(F)C(F)(F)C(F)(F)F)nc(N2c3ccccc3N(c3nc(OCC(F)(F)C(F)(F)C(F)(F)C(F)(F)F)nc(OCC(F)(F)C(F)(F)C(F)(F)C(F)(F)F)n3)c3ccccc32)n1. The minimum atomic E-state index is -7.71. The van der Waals surface area contributed by atoms with E-state index in [1.54, 1.807) is 0 Å². The van der Waals surface area contributed by atoms with Crippen molar-refractivity contribution in [3.05, 3.63) is 48.5 Å². The third-order valence-corrected chi connectivity index (χ3v) is 10.7. The highest BCUT2D eigenvalue weighted by Crippen LogP contribution is 2.59. The maximum absolute atomic E-state index is 14.6. The maximum Gasteiger partial charge on any atom is 0.460 e. The van der Waals surface area contributed by atoms with Crippen LogP contribution in [0.25, 0.3) is 0 Å². The molecular formula is C38H16F36N8O4. The molecule has 5 rings (SSSR count). The highest BCUT2D eigenvalue weighted by molar-refractivity contribution is 5.99. The summed E-state index contributed by atoms with van der Waals surface area (Å²) in [5.74, 6) is -92.2. The number of alkyl halides is 36. The van der Waals surface area contributed by atoms with E-state index in [1.165, 1.54) is 0 Å². The molecule has 484 valence electrons. The summed E-state index contributed by atoms with van der Waals surface area (Å²) in [6, 6.07) is -4.23. The van der Waals surface area contributed by atoms with E-state index in [4.69, 9.17) is 0 Å². The molecule has 0 saturated carbocycles. The van der Waals surface area contributed by atoms with E-state index in [1.807, 2.05) is 0 Å². The molecule has 12 nitrogen and oxygen atoms in total. The van der Waals surface area contributed by atoms with Gasteiger partial charge in [-0.05, 0) is 24.3 Å². The van der Waals surface area contributed by atoms with Crippen LogP contribution in [0.5, 0.6) is 24.0 Å². The maximum atomic E-state index is 14.6. The first-order valence-electron chi connectivity index (χ1n) is 20.9. The van der Waals surface area contributed by atoms with E-state index in [-0.39, 0.29) is 9.80 Å². The lowest BCUT2D eigenvalue weighted by molar-refractivity contribution is -0.398. The molecule has 86 heavy (non-hydrogen) atoms. The molecule has 1 aliphatic heterocycles. The van der Waals surface area contributed by atoms with Gasteiger partial charge in [0.1, 0.15) is 0 Å². The van der Waals surface area contributed by atoms with E-state index in [0.29, 0.717) is 24.3 Å². The average Bonchev–Trinajstić information content (AvgIpc) is 0.998. The normalized spacial score (nSPS) is 15.3. The molecule has 0 spiro atoms. The van der Waals surface area contributed by atoms with Gasteiger partial charge in [0.2, 0.25) is 11.9 Å². The van der Waals surface area contributed by atoms with Gasteiger partial charge in [0.25, 0.3) is 0 Å². The molecular weight excluding hydrogens is 1320 g/mol. The summed E-state index contributed by atoms with van der Waals surface area (Å²) in [5, 5.41) is 0. The summed E-state index contributed by atoms with van der Waals surface area (Å²) in [5.41, 5.74) is -4.10. The minimum Gasteiger partial charge on any atom is -0.457 e. The first-order chi connectivity index (χ1) is 38.2. The zero-order valence-corrected chi connectivity index (χ0v) is 39.3. The summed E-state index contributed by atoms with van der Waals surface area (Å²) in [7, 11) is 0. The second kappa shape index (κ2) is 21.3. The molecule has 0 aliphatic carbocycles. The molecule has 0 N–H and O–H groups in total. The van der Waals surface area contributed by atoms with Gasteiger partial charge in [-0.25, -0.2) is 0 Å². The number of benzene rings is 2. The van der Waals surface area contributed by atoms with E-state index in [2.05, 4.69) is 48.9 Å². The number of hydrogen-bond acceptors (Lipinski definition) is 12. The number of nitrogens with zero attached hydrogens (tertiary/aromatic N) is 8. The standard InChI is InChI=1S/C38H16F36N8O4/c39-23(40,27(47,48)31(55,56)35(63,64)65)9-83-19-75-17(76-20(79-19)84-10-24(41,42)28(49,50)32(57,58)36(66,67)68)81-13-5-1-2-6-14(13)82(16-8-4-3-7-15(16)81)18-77-21(85-11-25(43,44)29(51,52)33(59,60)37(69,70)71)80-22(78-18)86-12-26(45,46)30(53,54)34(61,62)38(72,73)74/h1-8H,9-12H2. The molecule has 0 atom stereocenters. The predicted molar refractivity (Wildman–Crippen MR) is 202 cm³/mol. The molecule has 0 saturated heterocycles. The number of fused-ring (bicyclic) bond motifs is 2. The number of para-hydroxylation sites is 4. The quantitative estimate of drug-likeness (QED) is 0.0614. The average molecular weight is 1330 g/mol. The first-order valence-corrected chi connectivity index (χ1v) is 20.9. The van der Waals surface area contributed by atoms with Gasteiger partial charge in [0.05, 0.1) is 22.7 Å². The van der Waals surface area contributed by atoms with Gasteiger partial charge in [-0.15, -0.1) is 9.97 Å². The van der Waals surface area contributed by atoms with Gasteiger partial charge >= 0.3 is 120 Å². The summed E-state index contributed by atoms with van der Waals surface area (Å²) in [6.45, 7) is -14.2. The van der Waals surface area contributed by atoms with E-state index in [9.17, 15) is 158 Å². The van der Waals surface area contributed by atoms with Gasteiger partial charge < -0.3 is 18.9 Å². The fraction of sp³-hybridized carbons (Fsp3) is 0.526. The largest absolute Gasteiger partial charge is 0.460 e. The Labute approximate surface area is 446 Å². The van der Waals surface area contributed by atoms with Crippen molar-refractivity contribution in [1.82, 2.24) is 29.9 Å². The van der Waals surface area contributed by atoms with Gasteiger partial charge in [0, 0.05) is 0 Å². The van der Waals surface area contributed by atoms with E-state index in [0.717, 1.165) is 24.3 Å². The van der Waals surface area contributed by atoms with Crippen LogP contribution in [-0.2, 0) is 0 Å². The molecule has 1 aliphatic rings. The number of aromatic nitrogens is 6. The lowest BCUT2D eigenvalue weighted by atomic mass is 10.0. The molecule has 0 amide bonds. The second-order valence-electron chi connectivity index (χ2n) is 16.6. The van der Waals surface area contributed by atoms with Crippen molar-refractivity contribution >= 4 is 34.6 Å². The summed E-state index contributed by atoms with van der Waals surface area (Å²) in [4.78, 5) is 18.2. The van der Waals surface area contributed by atoms with Gasteiger partial charge in [-0.1, -0.05) is 24.3 Å². The van der Waals surface area contributed by atoms with Crippen LogP contribution in [0.1, 0.15) is 0 Å². The topological polar surface area (TPSA) is 121 Å². The zero-order valence-electron chi connectivity index (χ0n) is 39.3. The molecule has 0 fully saturated rings. The number of halogens is 36. The molecule has 0 bridgehead atoms. The first kappa shape index (κ1) is 69.5. The fourth-order valence-corrected chi connectivity index (χ4v) is 6.10. The van der Waals surface area contributed by atoms with Crippen LogP contribution in [0.2, 0.25) is 0 Å². The Hall–Kier alpha value is -7.26. The number of ether oxygens (including phenoxy) is 4. The van der Waals surface area contributed by atoms with Crippen LogP contribution >= 0.6 is 0 Å². The van der Waals surface area contributed by atoms with Crippen LogP contribution in [-0.4, -0.2) is 152 Å². The van der Waals surface area contributed by atoms with Crippen LogP contribution in [0, 0.1) is 0 Å². The Kier molecular flexibility index (Phi) is 17.2. The van der Waals surface area contributed by atoms with E-state index < -0.39 is 181 Å². The predicted octanol–water partition coefficient (Wildman–Crippen LogP) is 14.7. The Morgan fingerprint density at radius 3 is 0.558 bits per heavy atom. The van der Waals surface area contributed by atoms with Crippen molar-refractivity contribution < 1.29 is 177 Å². The smallest absolute Gasteiger partial charge is 0.457 e. The van der Waals surface area contributed by atoms with Crippen molar-refractivity contribution in [2.45, 2.75) is 95.8 Å². The molecule has 0 unspecified atom stereocenters. The van der Waals surface area contributed by atoms with Gasteiger partial charge in [0.15, 0.2) is 26.4 Å². The summed E-state index contributed by atoms with van der Waals surface area (Å²) < 4.78 is 509. The Balaban J connectivity index is 1.74. The second-order valence-corrected chi connectivity index (χ2v) is 16.6. The van der Waals surface area contributed by atoms with Crippen LogP contribution < -0.4 is 28.7 Å². The van der Waals surface area contributed by atoms with Crippen molar-refractivity contribution in [2.75, 3.05) is 36.2 Å². The van der Waals surface area contributed by atoms with E-state index >= 15 is 0 Å². The fourth-order valence-electron chi connectivity index (χ4n) is 6.10. The lowest BCUT2D eigenvalue weighted by Crippen LogP contribution is -2.62.